The Bertz CT molecular complexity index is 954. The van der Waals surface area contributed by atoms with Crippen LogP contribution in [0.2, 0.25) is 0 Å². The Morgan fingerprint density at radius 1 is 1.13 bits per heavy atom. The largest absolute Gasteiger partial charge is 0.493 e. The minimum absolute atomic E-state index is 0.146. The van der Waals surface area contributed by atoms with Gasteiger partial charge in [-0.2, -0.15) is 0 Å². The van der Waals surface area contributed by atoms with Crippen molar-refractivity contribution < 1.29 is 33.3 Å². The van der Waals surface area contributed by atoms with Gasteiger partial charge in [0.2, 0.25) is 6.79 Å². The molecule has 1 atom stereocenters. The van der Waals surface area contributed by atoms with Crippen molar-refractivity contribution in [2.24, 2.45) is 0 Å². The van der Waals surface area contributed by atoms with Gasteiger partial charge in [0.25, 0.3) is 5.91 Å². The molecule has 0 bridgehead atoms. The van der Waals surface area contributed by atoms with Crippen molar-refractivity contribution in [3.63, 3.8) is 0 Å². The smallest absolute Gasteiger partial charge is 0.331 e. The van der Waals surface area contributed by atoms with E-state index in [9.17, 15) is 9.59 Å². The zero-order valence-electron chi connectivity index (χ0n) is 17.0. The molecule has 0 saturated carbocycles. The molecule has 0 aliphatic carbocycles. The van der Waals surface area contributed by atoms with Gasteiger partial charge in [0.05, 0.1) is 13.7 Å². The number of rotatable bonds is 8. The Morgan fingerprint density at radius 3 is 2.70 bits per heavy atom. The van der Waals surface area contributed by atoms with E-state index >= 15 is 0 Å². The molecular formula is C22H23NO7. The summed E-state index contributed by atoms with van der Waals surface area (Å²) in [6, 6.07) is 10.3. The molecule has 0 radical (unpaired) electrons. The van der Waals surface area contributed by atoms with Crippen LogP contribution in [0.5, 0.6) is 23.0 Å². The summed E-state index contributed by atoms with van der Waals surface area (Å²) in [7, 11) is 1.56. The quantitative estimate of drug-likeness (QED) is 0.524. The van der Waals surface area contributed by atoms with Crippen LogP contribution in [0.25, 0.3) is 6.08 Å². The summed E-state index contributed by atoms with van der Waals surface area (Å²) < 4.78 is 26.4. The summed E-state index contributed by atoms with van der Waals surface area (Å²) in [5.74, 6) is 1.24. The van der Waals surface area contributed by atoms with E-state index in [4.69, 9.17) is 23.7 Å². The fourth-order valence-electron chi connectivity index (χ4n) is 2.71. The molecule has 0 unspecified atom stereocenters. The highest BCUT2D eigenvalue weighted by atomic mass is 16.7. The van der Waals surface area contributed by atoms with Crippen LogP contribution in [0.3, 0.4) is 0 Å². The van der Waals surface area contributed by atoms with Crippen LogP contribution in [0.1, 0.15) is 19.4 Å². The first-order valence-corrected chi connectivity index (χ1v) is 9.40. The van der Waals surface area contributed by atoms with Crippen LogP contribution in [0, 0.1) is 0 Å². The van der Waals surface area contributed by atoms with Crippen molar-refractivity contribution in [2.75, 3.05) is 25.8 Å². The summed E-state index contributed by atoms with van der Waals surface area (Å²) in [6.07, 6.45) is 1.84. The lowest BCUT2D eigenvalue weighted by Gasteiger charge is -2.12. The van der Waals surface area contributed by atoms with Gasteiger partial charge in [-0.05, 0) is 49.8 Å². The van der Waals surface area contributed by atoms with E-state index in [1.54, 1.807) is 49.6 Å². The number of hydrogen-bond acceptors (Lipinski definition) is 7. The highest BCUT2D eigenvalue weighted by Crippen LogP contribution is 2.34. The average molecular weight is 413 g/mol. The standard InChI is InChI=1S/C22H23NO7/c1-4-27-19-11-15(5-8-17(19)26-3)6-10-21(24)30-14(2)22(25)23-16-7-9-18-20(12-16)29-13-28-18/h5-12,14H,4,13H2,1-3H3,(H,23,25)/b10-6+/t14-/m0/s1. The Balaban J connectivity index is 1.56. The second kappa shape index (κ2) is 9.69. The second-order valence-corrected chi connectivity index (χ2v) is 6.31. The van der Waals surface area contributed by atoms with Crippen molar-refractivity contribution in [2.45, 2.75) is 20.0 Å². The third-order valence-corrected chi connectivity index (χ3v) is 4.20. The minimum Gasteiger partial charge on any atom is -0.493 e. The van der Waals surface area contributed by atoms with Gasteiger partial charge in [-0.25, -0.2) is 4.79 Å². The summed E-state index contributed by atoms with van der Waals surface area (Å²) >= 11 is 0. The normalized spacial score (nSPS) is 13.0. The third kappa shape index (κ3) is 5.22. The topological polar surface area (TPSA) is 92.3 Å². The molecule has 1 heterocycles. The Morgan fingerprint density at radius 2 is 1.93 bits per heavy atom. The molecule has 8 nitrogen and oxygen atoms in total. The van der Waals surface area contributed by atoms with Gasteiger partial charge in [-0.15, -0.1) is 0 Å². The predicted octanol–water partition coefficient (Wildman–Crippen LogP) is 3.41. The first kappa shape index (κ1) is 21.0. The maximum absolute atomic E-state index is 12.3. The number of nitrogens with one attached hydrogen (secondary N) is 1. The van der Waals surface area contributed by atoms with Gasteiger partial charge >= 0.3 is 5.97 Å². The number of fused-ring (bicyclic) bond motifs is 1. The summed E-state index contributed by atoms with van der Waals surface area (Å²) in [5, 5.41) is 2.68. The number of esters is 1. The summed E-state index contributed by atoms with van der Waals surface area (Å²) in [5.41, 5.74) is 1.25. The SMILES string of the molecule is CCOc1cc(/C=C/C(=O)O[C@@H](C)C(=O)Nc2ccc3c(c2)OCO3)ccc1OC. The van der Waals surface area contributed by atoms with Crippen molar-refractivity contribution in [1.29, 1.82) is 0 Å². The second-order valence-electron chi connectivity index (χ2n) is 6.31. The number of anilines is 1. The van der Waals surface area contributed by atoms with E-state index in [-0.39, 0.29) is 6.79 Å². The van der Waals surface area contributed by atoms with Crippen molar-refractivity contribution in [3.8, 4) is 23.0 Å². The minimum atomic E-state index is -0.984. The van der Waals surface area contributed by atoms with Gasteiger partial charge in [-0.3, -0.25) is 4.79 Å². The Hall–Kier alpha value is -3.68. The molecule has 158 valence electrons. The molecule has 1 amide bonds. The molecular weight excluding hydrogens is 390 g/mol. The van der Waals surface area contributed by atoms with Crippen LogP contribution in [0.15, 0.2) is 42.5 Å². The molecule has 0 fully saturated rings. The Labute approximate surface area is 174 Å². The zero-order chi connectivity index (χ0) is 21.5. The number of ether oxygens (including phenoxy) is 5. The maximum atomic E-state index is 12.3. The van der Waals surface area contributed by atoms with Crippen LogP contribution in [-0.2, 0) is 14.3 Å². The first-order chi connectivity index (χ1) is 14.5. The number of carbonyl (C=O) groups is 2. The third-order valence-electron chi connectivity index (χ3n) is 4.20. The molecule has 2 aromatic carbocycles. The molecule has 0 aromatic heterocycles. The monoisotopic (exact) mass is 413 g/mol. The van der Waals surface area contributed by atoms with Crippen LogP contribution in [0.4, 0.5) is 5.69 Å². The maximum Gasteiger partial charge on any atom is 0.331 e. The van der Waals surface area contributed by atoms with E-state index in [1.807, 2.05) is 6.92 Å². The van der Waals surface area contributed by atoms with Gasteiger partial charge < -0.3 is 29.0 Å². The number of amides is 1. The predicted molar refractivity (Wildman–Crippen MR) is 110 cm³/mol. The highest BCUT2D eigenvalue weighted by Gasteiger charge is 2.19. The molecule has 8 heteroatoms. The van der Waals surface area contributed by atoms with Gasteiger partial charge in [0.1, 0.15) is 0 Å². The van der Waals surface area contributed by atoms with Crippen molar-refractivity contribution in [3.05, 3.63) is 48.0 Å². The molecule has 1 N–H and O–H groups in total. The van der Waals surface area contributed by atoms with Crippen LogP contribution < -0.4 is 24.3 Å². The lowest BCUT2D eigenvalue weighted by molar-refractivity contribution is -0.148. The van der Waals surface area contributed by atoms with Crippen molar-refractivity contribution >= 4 is 23.6 Å². The lowest BCUT2D eigenvalue weighted by Crippen LogP contribution is -2.29. The van der Waals surface area contributed by atoms with E-state index in [1.165, 1.54) is 13.0 Å². The zero-order valence-corrected chi connectivity index (χ0v) is 17.0. The number of benzene rings is 2. The summed E-state index contributed by atoms with van der Waals surface area (Å²) in [6.45, 7) is 4.00. The number of carbonyl (C=O) groups excluding carboxylic acids is 2. The average Bonchev–Trinajstić information content (AvgIpc) is 3.20. The van der Waals surface area contributed by atoms with E-state index in [2.05, 4.69) is 5.32 Å². The first-order valence-electron chi connectivity index (χ1n) is 9.40. The summed E-state index contributed by atoms with van der Waals surface area (Å²) in [4.78, 5) is 24.4. The number of methoxy groups -OCH3 is 1. The van der Waals surface area contributed by atoms with Gasteiger partial charge in [-0.1, -0.05) is 6.07 Å². The van der Waals surface area contributed by atoms with Crippen LogP contribution in [-0.4, -0.2) is 38.5 Å². The lowest BCUT2D eigenvalue weighted by atomic mass is 10.2. The van der Waals surface area contributed by atoms with Crippen molar-refractivity contribution in [1.82, 2.24) is 0 Å². The van der Waals surface area contributed by atoms with Gasteiger partial charge in [0, 0.05) is 17.8 Å². The van der Waals surface area contributed by atoms with E-state index in [0.717, 1.165) is 5.56 Å². The molecule has 0 saturated heterocycles. The molecule has 3 rings (SSSR count). The molecule has 0 spiro atoms. The number of hydrogen-bond donors (Lipinski definition) is 1. The molecule has 1 aliphatic rings. The molecule has 30 heavy (non-hydrogen) atoms. The molecule has 1 aliphatic heterocycles. The fourth-order valence-corrected chi connectivity index (χ4v) is 2.71. The van der Waals surface area contributed by atoms with Crippen LogP contribution >= 0.6 is 0 Å². The Kier molecular flexibility index (Phi) is 6.79. The fraction of sp³-hybridized carbons (Fsp3) is 0.273. The van der Waals surface area contributed by atoms with E-state index < -0.39 is 18.0 Å². The van der Waals surface area contributed by atoms with Gasteiger partial charge in [0.15, 0.2) is 29.1 Å². The highest BCUT2D eigenvalue weighted by molar-refractivity contribution is 5.96. The van der Waals surface area contributed by atoms with E-state index in [0.29, 0.717) is 35.3 Å². The molecule has 2 aromatic rings.